The highest BCUT2D eigenvalue weighted by Gasteiger charge is 2.36. The normalized spacial score (nSPS) is 18.2. The lowest BCUT2D eigenvalue weighted by Gasteiger charge is -2.35. The maximum absolute atomic E-state index is 14.4. The number of halogens is 2. The Hall–Kier alpha value is -0.810. The number of methoxy groups -OCH3 is 2. The third kappa shape index (κ3) is 2.58. The predicted octanol–water partition coefficient (Wildman–Crippen LogP) is 3.72. The molecule has 3 nitrogen and oxygen atoms in total. The van der Waals surface area contributed by atoms with Crippen LogP contribution in [0, 0.1) is 5.82 Å². The van der Waals surface area contributed by atoms with Crippen molar-refractivity contribution in [3.8, 4) is 11.5 Å². The lowest BCUT2D eigenvalue weighted by atomic mass is 9.77. The SMILES string of the molecule is COc1cc(F)c(C2(N)CCCCC2)c(Br)c1OC. The second kappa shape index (κ2) is 5.67. The van der Waals surface area contributed by atoms with E-state index in [0.29, 0.717) is 21.5 Å². The summed E-state index contributed by atoms with van der Waals surface area (Å²) in [7, 11) is 3.02. The summed E-state index contributed by atoms with van der Waals surface area (Å²) in [6.45, 7) is 0. The van der Waals surface area contributed by atoms with Crippen molar-refractivity contribution in [1.82, 2.24) is 0 Å². The quantitative estimate of drug-likeness (QED) is 0.917. The second-order valence-corrected chi connectivity index (χ2v) is 5.79. The molecule has 0 aliphatic heterocycles. The summed E-state index contributed by atoms with van der Waals surface area (Å²) in [5, 5.41) is 0. The largest absolute Gasteiger partial charge is 0.493 e. The minimum Gasteiger partial charge on any atom is -0.493 e. The molecule has 0 aromatic heterocycles. The van der Waals surface area contributed by atoms with Crippen LogP contribution >= 0.6 is 15.9 Å². The number of hydrogen-bond acceptors (Lipinski definition) is 3. The molecular formula is C14H19BrFNO2. The molecule has 19 heavy (non-hydrogen) atoms. The minimum atomic E-state index is -0.624. The Kier molecular flexibility index (Phi) is 4.36. The molecule has 2 rings (SSSR count). The molecule has 2 N–H and O–H groups in total. The molecule has 0 amide bonds. The van der Waals surface area contributed by atoms with E-state index in [-0.39, 0.29) is 5.82 Å². The maximum atomic E-state index is 14.4. The molecule has 1 aliphatic carbocycles. The van der Waals surface area contributed by atoms with E-state index in [2.05, 4.69) is 15.9 Å². The van der Waals surface area contributed by atoms with Crippen LogP contribution in [0.2, 0.25) is 0 Å². The molecule has 1 aromatic carbocycles. The smallest absolute Gasteiger partial charge is 0.175 e. The molecule has 5 heteroatoms. The van der Waals surface area contributed by atoms with Gasteiger partial charge in [0.25, 0.3) is 0 Å². The van der Waals surface area contributed by atoms with Crippen LogP contribution in [0.15, 0.2) is 10.5 Å². The Morgan fingerprint density at radius 2 is 1.84 bits per heavy atom. The first-order valence-electron chi connectivity index (χ1n) is 6.43. The molecule has 0 atom stereocenters. The van der Waals surface area contributed by atoms with Gasteiger partial charge in [0.15, 0.2) is 11.5 Å². The molecular weight excluding hydrogens is 313 g/mol. The van der Waals surface area contributed by atoms with Crippen molar-refractivity contribution in [2.24, 2.45) is 5.73 Å². The molecule has 1 aromatic rings. The predicted molar refractivity (Wildman–Crippen MR) is 76.2 cm³/mol. The molecule has 0 unspecified atom stereocenters. The molecule has 0 saturated heterocycles. The fraction of sp³-hybridized carbons (Fsp3) is 0.571. The monoisotopic (exact) mass is 331 g/mol. The van der Waals surface area contributed by atoms with Crippen molar-refractivity contribution < 1.29 is 13.9 Å². The van der Waals surface area contributed by atoms with Gasteiger partial charge in [0.1, 0.15) is 5.82 Å². The van der Waals surface area contributed by atoms with Gasteiger partial charge in [0, 0.05) is 17.2 Å². The number of nitrogens with two attached hydrogens (primary N) is 1. The summed E-state index contributed by atoms with van der Waals surface area (Å²) >= 11 is 3.43. The van der Waals surface area contributed by atoms with E-state index < -0.39 is 5.54 Å². The lowest BCUT2D eigenvalue weighted by Crippen LogP contribution is -2.40. The van der Waals surface area contributed by atoms with Gasteiger partial charge in [-0.05, 0) is 28.8 Å². The van der Waals surface area contributed by atoms with Crippen LogP contribution in [0.25, 0.3) is 0 Å². The summed E-state index contributed by atoms with van der Waals surface area (Å²) < 4.78 is 25.4. The van der Waals surface area contributed by atoms with Gasteiger partial charge in [-0.1, -0.05) is 19.3 Å². The van der Waals surface area contributed by atoms with Gasteiger partial charge in [-0.3, -0.25) is 0 Å². The second-order valence-electron chi connectivity index (χ2n) is 5.00. The average Bonchev–Trinajstić information content (AvgIpc) is 2.38. The number of ether oxygens (including phenoxy) is 2. The molecule has 0 heterocycles. The Bertz CT molecular complexity index is 473. The van der Waals surface area contributed by atoms with Gasteiger partial charge < -0.3 is 15.2 Å². The first-order chi connectivity index (χ1) is 9.03. The van der Waals surface area contributed by atoms with Crippen molar-refractivity contribution in [3.63, 3.8) is 0 Å². The summed E-state index contributed by atoms with van der Waals surface area (Å²) in [6, 6.07) is 1.35. The van der Waals surface area contributed by atoms with E-state index in [4.69, 9.17) is 15.2 Å². The first-order valence-corrected chi connectivity index (χ1v) is 7.22. The third-order valence-corrected chi connectivity index (χ3v) is 4.56. The number of benzene rings is 1. The zero-order valence-corrected chi connectivity index (χ0v) is 12.8. The van der Waals surface area contributed by atoms with Crippen molar-refractivity contribution in [1.29, 1.82) is 0 Å². The maximum Gasteiger partial charge on any atom is 0.175 e. The van der Waals surface area contributed by atoms with Gasteiger partial charge in [-0.25, -0.2) is 4.39 Å². The zero-order chi connectivity index (χ0) is 14.0. The molecule has 0 spiro atoms. The topological polar surface area (TPSA) is 44.5 Å². The average molecular weight is 332 g/mol. The van der Waals surface area contributed by atoms with Gasteiger partial charge in [0.05, 0.1) is 18.7 Å². The summed E-state index contributed by atoms with van der Waals surface area (Å²) in [4.78, 5) is 0. The summed E-state index contributed by atoms with van der Waals surface area (Å²) in [5.41, 5.74) is 6.31. The molecule has 0 radical (unpaired) electrons. The fourth-order valence-electron chi connectivity index (χ4n) is 2.81. The highest BCUT2D eigenvalue weighted by Crippen LogP contribution is 2.46. The molecule has 1 fully saturated rings. The van der Waals surface area contributed by atoms with Crippen molar-refractivity contribution in [2.45, 2.75) is 37.6 Å². The zero-order valence-electron chi connectivity index (χ0n) is 11.3. The van der Waals surface area contributed by atoms with E-state index in [1.807, 2.05) is 0 Å². The summed E-state index contributed by atoms with van der Waals surface area (Å²) in [6.07, 6.45) is 4.79. The van der Waals surface area contributed by atoms with Gasteiger partial charge in [0.2, 0.25) is 0 Å². The number of hydrogen-bond donors (Lipinski definition) is 1. The number of rotatable bonds is 3. The molecule has 0 bridgehead atoms. The Morgan fingerprint density at radius 1 is 1.21 bits per heavy atom. The van der Waals surface area contributed by atoms with E-state index in [1.54, 1.807) is 0 Å². The lowest BCUT2D eigenvalue weighted by molar-refractivity contribution is 0.286. The minimum absolute atomic E-state index is 0.339. The van der Waals surface area contributed by atoms with E-state index in [0.717, 1.165) is 32.1 Å². The van der Waals surface area contributed by atoms with Crippen LogP contribution in [0.5, 0.6) is 11.5 Å². The first kappa shape index (κ1) is 14.6. The third-order valence-electron chi connectivity index (χ3n) is 3.81. The van der Waals surface area contributed by atoms with Crippen LogP contribution in [0.1, 0.15) is 37.7 Å². The van der Waals surface area contributed by atoms with Crippen LogP contribution in [-0.4, -0.2) is 14.2 Å². The summed E-state index contributed by atoms with van der Waals surface area (Å²) in [5.74, 6) is 0.526. The standard InChI is InChI=1S/C14H19BrFNO2/c1-18-10-8-9(16)11(12(15)13(10)19-2)14(17)6-4-3-5-7-14/h8H,3-7,17H2,1-2H3. The van der Waals surface area contributed by atoms with Crippen LogP contribution in [-0.2, 0) is 5.54 Å². The highest BCUT2D eigenvalue weighted by molar-refractivity contribution is 9.10. The van der Waals surface area contributed by atoms with Crippen LogP contribution in [0.3, 0.4) is 0 Å². The van der Waals surface area contributed by atoms with E-state index in [9.17, 15) is 4.39 Å². The van der Waals surface area contributed by atoms with Gasteiger partial charge in [-0.15, -0.1) is 0 Å². The van der Waals surface area contributed by atoms with Crippen molar-refractivity contribution >= 4 is 15.9 Å². The van der Waals surface area contributed by atoms with Crippen molar-refractivity contribution in [3.05, 3.63) is 21.9 Å². The van der Waals surface area contributed by atoms with Crippen LogP contribution < -0.4 is 15.2 Å². The highest BCUT2D eigenvalue weighted by atomic mass is 79.9. The molecule has 1 aliphatic rings. The van der Waals surface area contributed by atoms with Gasteiger partial charge in [-0.2, -0.15) is 0 Å². The van der Waals surface area contributed by atoms with E-state index >= 15 is 0 Å². The fourth-order valence-corrected chi connectivity index (χ4v) is 3.75. The van der Waals surface area contributed by atoms with Gasteiger partial charge >= 0.3 is 0 Å². The molecule has 106 valence electrons. The Balaban J connectivity index is 2.56. The Labute approximate surface area is 121 Å². The van der Waals surface area contributed by atoms with E-state index in [1.165, 1.54) is 20.3 Å². The van der Waals surface area contributed by atoms with Crippen LogP contribution in [0.4, 0.5) is 4.39 Å². The van der Waals surface area contributed by atoms with Crippen molar-refractivity contribution in [2.75, 3.05) is 14.2 Å². The molecule has 1 saturated carbocycles. The Morgan fingerprint density at radius 3 is 2.37 bits per heavy atom.